The lowest BCUT2D eigenvalue weighted by Gasteiger charge is -2.25. The molecule has 1 atom stereocenters. The highest BCUT2D eigenvalue weighted by atomic mass is 16.6. The molecular weight excluding hydrogens is 566 g/mol. The summed E-state index contributed by atoms with van der Waals surface area (Å²) in [5, 5.41) is 23.6. The minimum Gasteiger partial charge on any atom is -0.490 e. The third-order valence-electron chi connectivity index (χ3n) is 7.35. The fourth-order valence-corrected chi connectivity index (χ4v) is 4.48. The van der Waals surface area contributed by atoms with Crippen LogP contribution in [0.3, 0.4) is 0 Å². The van der Waals surface area contributed by atoms with E-state index in [1.165, 1.54) is 0 Å². The van der Waals surface area contributed by atoms with Gasteiger partial charge in [0.1, 0.15) is 19.0 Å². The van der Waals surface area contributed by atoms with Gasteiger partial charge in [-0.2, -0.15) is 15.5 Å². The van der Waals surface area contributed by atoms with E-state index in [2.05, 4.69) is 33.9 Å². The van der Waals surface area contributed by atoms with Crippen LogP contribution in [0.1, 0.15) is 56.0 Å². The van der Waals surface area contributed by atoms with Crippen molar-refractivity contribution in [3.63, 3.8) is 0 Å². The number of nitrogens with zero attached hydrogens (tertiary/aromatic N) is 3. The smallest absolute Gasteiger partial charge is 0.311 e. The predicted octanol–water partition coefficient (Wildman–Crippen LogP) is 9.11. The fraction of sp³-hybridized carbons (Fsp3) is 0.250. The van der Waals surface area contributed by atoms with Crippen LogP contribution in [-0.4, -0.2) is 25.1 Å². The van der Waals surface area contributed by atoms with Crippen LogP contribution < -0.4 is 15.4 Å². The van der Waals surface area contributed by atoms with Crippen LogP contribution in [0.25, 0.3) is 0 Å². The number of ether oxygens (including phenoxy) is 2. The Labute approximate surface area is 263 Å². The first-order valence-corrected chi connectivity index (χ1v) is 14.9. The molecule has 0 saturated heterocycles. The van der Waals surface area contributed by atoms with E-state index in [0.717, 1.165) is 30.6 Å². The molecule has 9 heteroatoms. The monoisotopic (exact) mass is 603 g/mol. The second-order valence-corrected chi connectivity index (χ2v) is 10.7. The van der Waals surface area contributed by atoms with Crippen molar-refractivity contribution in [2.45, 2.75) is 40.0 Å². The average molecular weight is 604 g/mol. The number of hydrogen-bond acceptors (Lipinski definition) is 8. The molecule has 0 aromatic heterocycles. The maximum Gasteiger partial charge on any atom is 0.311 e. The zero-order valence-electron chi connectivity index (χ0n) is 25.7. The Balaban J connectivity index is 1.21. The Hall–Kier alpha value is -5.49. The molecule has 0 spiro atoms. The Morgan fingerprint density at radius 3 is 1.89 bits per heavy atom. The van der Waals surface area contributed by atoms with Gasteiger partial charge in [0.2, 0.25) is 0 Å². The minimum absolute atomic E-state index is 0.170. The van der Waals surface area contributed by atoms with Crippen molar-refractivity contribution < 1.29 is 19.1 Å². The zero-order valence-corrected chi connectivity index (χ0v) is 25.7. The highest BCUT2D eigenvalue weighted by molar-refractivity contribution is 6.04. The number of carbonyl (C=O) groups is 2. The van der Waals surface area contributed by atoms with Crippen molar-refractivity contribution in [2.75, 3.05) is 23.8 Å². The number of rotatable bonds is 14. The highest BCUT2D eigenvalue weighted by Crippen LogP contribution is 2.29. The van der Waals surface area contributed by atoms with Crippen LogP contribution in [-0.2, 0) is 9.53 Å². The maximum atomic E-state index is 12.8. The minimum atomic E-state index is -0.461. The van der Waals surface area contributed by atoms with Crippen LogP contribution in [0.2, 0.25) is 0 Å². The van der Waals surface area contributed by atoms with Gasteiger partial charge in [-0.05, 0) is 117 Å². The molecule has 0 bridgehead atoms. The number of anilines is 3. The Morgan fingerprint density at radius 2 is 1.33 bits per heavy atom. The number of nitrogens with one attached hydrogen (secondary N) is 2. The molecule has 0 aliphatic heterocycles. The van der Waals surface area contributed by atoms with E-state index >= 15 is 0 Å². The third-order valence-corrected chi connectivity index (χ3v) is 7.35. The van der Waals surface area contributed by atoms with Crippen LogP contribution >= 0.6 is 0 Å². The van der Waals surface area contributed by atoms with Gasteiger partial charge in [0, 0.05) is 22.6 Å². The van der Waals surface area contributed by atoms with Gasteiger partial charge in [0.05, 0.1) is 28.4 Å². The number of amides is 1. The Morgan fingerprint density at radius 1 is 0.778 bits per heavy atom. The molecule has 0 fully saturated rings. The predicted molar refractivity (Wildman–Crippen MR) is 176 cm³/mol. The van der Waals surface area contributed by atoms with E-state index in [-0.39, 0.29) is 25.1 Å². The average Bonchev–Trinajstić information content (AvgIpc) is 3.07. The van der Waals surface area contributed by atoms with Gasteiger partial charge in [-0.1, -0.05) is 20.3 Å². The number of esters is 1. The quantitative estimate of drug-likeness (QED) is 0.0841. The summed E-state index contributed by atoms with van der Waals surface area (Å²) in [5.74, 6) is 0.158. The van der Waals surface area contributed by atoms with Crippen LogP contribution in [0.4, 0.5) is 28.4 Å². The van der Waals surface area contributed by atoms with Crippen LogP contribution in [0.15, 0.2) is 107 Å². The first kappa shape index (κ1) is 32.4. The van der Waals surface area contributed by atoms with E-state index in [1.807, 2.05) is 62.4 Å². The molecule has 4 aromatic rings. The van der Waals surface area contributed by atoms with Gasteiger partial charge in [-0.25, -0.2) is 0 Å². The molecule has 230 valence electrons. The first-order chi connectivity index (χ1) is 21.8. The van der Waals surface area contributed by atoms with E-state index in [0.29, 0.717) is 33.9 Å². The molecule has 0 aliphatic carbocycles. The lowest BCUT2D eigenvalue weighted by atomic mass is 9.83. The van der Waals surface area contributed by atoms with E-state index in [9.17, 15) is 9.59 Å². The molecule has 9 nitrogen and oxygen atoms in total. The van der Waals surface area contributed by atoms with Gasteiger partial charge >= 0.3 is 5.97 Å². The fourth-order valence-electron chi connectivity index (χ4n) is 4.48. The lowest BCUT2D eigenvalue weighted by molar-refractivity contribution is -0.156. The van der Waals surface area contributed by atoms with Crippen molar-refractivity contribution in [2.24, 2.45) is 15.6 Å². The molecule has 4 aromatic carbocycles. The summed E-state index contributed by atoms with van der Waals surface area (Å²) in [4.78, 5) is 25.2. The summed E-state index contributed by atoms with van der Waals surface area (Å²) in [6, 6.07) is 30.7. The van der Waals surface area contributed by atoms with Crippen LogP contribution in [0.5, 0.6) is 5.75 Å². The van der Waals surface area contributed by atoms with E-state index in [1.54, 1.807) is 48.5 Å². The number of hydrogen-bond donors (Lipinski definition) is 2. The van der Waals surface area contributed by atoms with Gasteiger partial charge in [0.15, 0.2) is 0 Å². The molecule has 0 aliphatic rings. The largest absolute Gasteiger partial charge is 0.490 e. The number of benzene rings is 4. The van der Waals surface area contributed by atoms with Gasteiger partial charge < -0.3 is 20.1 Å². The van der Waals surface area contributed by atoms with Gasteiger partial charge in [-0.3, -0.25) is 9.59 Å². The normalized spacial score (nSPS) is 12.1. The molecule has 0 heterocycles. The molecule has 0 saturated carbocycles. The summed E-state index contributed by atoms with van der Waals surface area (Å²) >= 11 is 0. The molecule has 1 unspecified atom stereocenters. The first-order valence-electron chi connectivity index (χ1n) is 14.9. The summed E-state index contributed by atoms with van der Waals surface area (Å²) in [6.45, 7) is 6.40. The lowest BCUT2D eigenvalue weighted by Crippen LogP contribution is -2.30. The number of carbonyl (C=O) groups excluding carboxylic acids is 2. The second-order valence-electron chi connectivity index (χ2n) is 10.7. The van der Waals surface area contributed by atoms with Crippen LogP contribution in [0, 0.1) is 16.7 Å². The standard InChI is InChI=1S/C36H37N5O4/c1-4-22-36(3,5-2)35(43)45-24-23-44-33-20-8-27(9-21-33)34(42)39-30-14-12-28(13-15-30)38-29-16-18-32(19-17-29)41-40-31-10-6-26(25-37)7-11-31/h6-21,38H,4-5,22-24H2,1-3H3,(H,39,42). The summed E-state index contributed by atoms with van der Waals surface area (Å²) in [6.07, 6.45) is 2.45. The summed E-state index contributed by atoms with van der Waals surface area (Å²) < 4.78 is 11.1. The van der Waals surface area contributed by atoms with Crippen molar-refractivity contribution in [3.8, 4) is 11.8 Å². The molecular formula is C36H37N5O4. The summed E-state index contributed by atoms with van der Waals surface area (Å²) in [5.41, 5.74) is 4.37. The Bertz CT molecular complexity index is 1630. The van der Waals surface area contributed by atoms with Crippen molar-refractivity contribution in [1.29, 1.82) is 5.26 Å². The molecule has 45 heavy (non-hydrogen) atoms. The van der Waals surface area contributed by atoms with Crippen molar-refractivity contribution >= 4 is 40.3 Å². The van der Waals surface area contributed by atoms with Crippen molar-refractivity contribution in [3.05, 3.63) is 108 Å². The Kier molecular flexibility index (Phi) is 11.4. The molecule has 4 rings (SSSR count). The zero-order chi connectivity index (χ0) is 32.1. The number of azo groups is 1. The van der Waals surface area contributed by atoms with E-state index < -0.39 is 5.41 Å². The molecule has 2 N–H and O–H groups in total. The highest BCUT2D eigenvalue weighted by Gasteiger charge is 2.31. The second kappa shape index (κ2) is 15.8. The van der Waals surface area contributed by atoms with E-state index in [4.69, 9.17) is 14.7 Å². The SMILES string of the molecule is CCCC(C)(CC)C(=O)OCCOc1ccc(C(=O)Nc2ccc(Nc3ccc(N=Nc4ccc(C#N)cc4)cc3)cc2)cc1. The summed E-state index contributed by atoms with van der Waals surface area (Å²) in [7, 11) is 0. The van der Waals surface area contributed by atoms with Crippen molar-refractivity contribution in [1.82, 2.24) is 0 Å². The molecule has 0 radical (unpaired) electrons. The number of nitriles is 1. The molecule has 1 amide bonds. The topological polar surface area (TPSA) is 125 Å². The van der Waals surface area contributed by atoms with Gasteiger partial charge in [0.25, 0.3) is 5.91 Å². The van der Waals surface area contributed by atoms with Gasteiger partial charge in [-0.15, -0.1) is 0 Å². The maximum absolute atomic E-state index is 12.8. The third kappa shape index (κ3) is 9.50.